The van der Waals surface area contributed by atoms with Crippen LogP contribution in [0.25, 0.3) is 0 Å². The molecule has 1 aromatic heterocycles. The second-order valence-electron chi connectivity index (χ2n) is 3.91. The standard InChI is InChI=1S/C10H15ClN2OS/c1-7(2)8-9(11)12-10(15-8)13-3-5-14-6-4-13/h7H,3-6H2,1-2H3. The largest absolute Gasteiger partial charge is 0.378 e. The molecule has 0 bridgehead atoms. The minimum atomic E-state index is 0.449. The van der Waals surface area contributed by atoms with Crippen molar-refractivity contribution in [3.05, 3.63) is 10.0 Å². The van der Waals surface area contributed by atoms with Gasteiger partial charge in [0.15, 0.2) is 5.13 Å². The molecule has 0 amide bonds. The third-order valence-corrected chi connectivity index (χ3v) is 4.22. The van der Waals surface area contributed by atoms with E-state index in [9.17, 15) is 0 Å². The van der Waals surface area contributed by atoms with Gasteiger partial charge in [-0.3, -0.25) is 0 Å². The van der Waals surface area contributed by atoms with Crippen LogP contribution in [0.3, 0.4) is 0 Å². The second kappa shape index (κ2) is 4.68. The van der Waals surface area contributed by atoms with Gasteiger partial charge in [0, 0.05) is 18.0 Å². The Hall–Kier alpha value is -0.320. The van der Waals surface area contributed by atoms with Crippen LogP contribution in [-0.4, -0.2) is 31.3 Å². The van der Waals surface area contributed by atoms with E-state index in [4.69, 9.17) is 16.3 Å². The zero-order valence-corrected chi connectivity index (χ0v) is 10.6. The Labute approximate surface area is 99.0 Å². The molecule has 15 heavy (non-hydrogen) atoms. The summed E-state index contributed by atoms with van der Waals surface area (Å²) in [5.74, 6) is 0.449. The number of hydrogen-bond acceptors (Lipinski definition) is 4. The summed E-state index contributed by atoms with van der Waals surface area (Å²) in [6.45, 7) is 7.69. The van der Waals surface area contributed by atoms with Crippen LogP contribution in [0.15, 0.2) is 0 Å². The van der Waals surface area contributed by atoms with Gasteiger partial charge in [-0.15, -0.1) is 11.3 Å². The van der Waals surface area contributed by atoms with Crippen molar-refractivity contribution < 1.29 is 4.74 Å². The Morgan fingerprint density at radius 1 is 1.40 bits per heavy atom. The fourth-order valence-electron chi connectivity index (χ4n) is 1.55. The van der Waals surface area contributed by atoms with E-state index in [1.165, 1.54) is 4.88 Å². The number of rotatable bonds is 2. The third-order valence-electron chi connectivity index (χ3n) is 2.40. The maximum Gasteiger partial charge on any atom is 0.187 e. The Morgan fingerprint density at radius 2 is 2.07 bits per heavy atom. The van der Waals surface area contributed by atoms with Gasteiger partial charge < -0.3 is 9.64 Å². The summed E-state index contributed by atoms with van der Waals surface area (Å²) in [5.41, 5.74) is 0. The summed E-state index contributed by atoms with van der Waals surface area (Å²) < 4.78 is 5.31. The molecule has 0 aromatic carbocycles. The van der Waals surface area contributed by atoms with Crippen LogP contribution in [0, 0.1) is 0 Å². The van der Waals surface area contributed by atoms with E-state index >= 15 is 0 Å². The van der Waals surface area contributed by atoms with Crippen molar-refractivity contribution in [3.8, 4) is 0 Å². The average molecular weight is 247 g/mol. The van der Waals surface area contributed by atoms with Crippen LogP contribution in [0.2, 0.25) is 5.15 Å². The minimum Gasteiger partial charge on any atom is -0.378 e. The van der Waals surface area contributed by atoms with Gasteiger partial charge in [0.05, 0.1) is 13.2 Å². The van der Waals surface area contributed by atoms with Gasteiger partial charge in [-0.25, -0.2) is 4.98 Å². The molecule has 1 aromatic rings. The highest BCUT2D eigenvalue weighted by Crippen LogP contribution is 2.34. The monoisotopic (exact) mass is 246 g/mol. The molecule has 2 rings (SSSR count). The molecule has 5 heteroatoms. The quantitative estimate of drug-likeness (QED) is 0.803. The molecular formula is C10H15ClN2OS. The van der Waals surface area contributed by atoms with Gasteiger partial charge >= 0.3 is 0 Å². The fraction of sp³-hybridized carbons (Fsp3) is 0.700. The van der Waals surface area contributed by atoms with Crippen LogP contribution >= 0.6 is 22.9 Å². The first-order valence-electron chi connectivity index (χ1n) is 5.17. The highest BCUT2D eigenvalue weighted by molar-refractivity contribution is 7.16. The molecule has 0 spiro atoms. The molecule has 0 radical (unpaired) electrons. The lowest BCUT2D eigenvalue weighted by Gasteiger charge is -2.25. The molecule has 2 heterocycles. The lowest BCUT2D eigenvalue weighted by molar-refractivity contribution is 0.122. The average Bonchev–Trinajstić information content (AvgIpc) is 2.62. The Balaban J connectivity index is 2.17. The molecule has 1 fully saturated rings. The summed E-state index contributed by atoms with van der Waals surface area (Å²) in [4.78, 5) is 7.83. The zero-order valence-electron chi connectivity index (χ0n) is 8.99. The number of ether oxygens (including phenoxy) is 1. The normalized spacial score (nSPS) is 17.5. The maximum absolute atomic E-state index is 6.10. The van der Waals surface area contributed by atoms with E-state index in [0.29, 0.717) is 11.1 Å². The van der Waals surface area contributed by atoms with Gasteiger partial charge in [-0.2, -0.15) is 0 Å². The lowest BCUT2D eigenvalue weighted by atomic mass is 10.2. The number of thiazole rings is 1. The molecule has 0 saturated carbocycles. The minimum absolute atomic E-state index is 0.449. The molecule has 0 N–H and O–H groups in total. The highest BCUT2D eigenvalue weighted by atomic mass is 35.5. The first-order valence-corrected chi connectivity index (χ1v) is 6.37. The van der Waals surface area contributed by atoms with E-state index in [-0.39, 0.29) is 0 Å². The van der Waals surface area contributed by atoms with Crippen molar-refractivity contribution in [2.45, 2.75) is 19.8 Å². The maximum atomic E-state index is 6.10. The Morgan fingerprint density at radius 3 is 2.60 bits per heavy atom. The molecule has 1 aliphatic heterocycles. The van der Waals surface area contributed by atoms with Gasteiger partial charge in [-0.1, -0.05) is 25.4 Å². The molecule has 0 atom stereocenters. The van der Waals surface area contributed by atoms with Crippen LogP contribution < -0.4 is 4.90 Å². The topological polar surface area (TPSA) is 25.4 Å². The molecule has 84 valence electrons. The van der Waals surface area contributed by atoms with Crippen molar-refractivity contribution in [1.29, 1.82) is 0 Å². The van der Waals surface area contributed by atoms with E-state index in [1.807, 2.05) is 0 Å². The number of halogens is 1. The molecule has 3 nitrogen and oxygen atoms in total. The Bertz CT molecular complexity index is 334. The van der Waals surface area contributed by atoms with Gasteiger partial charge in [0.25, 0.3) is 0 Å². The van der Waals surface area contributed by atoms with Gasteiger partial charge in [-0.05, 0) is 5.92 Å². The summed E-state index contributed by atoms with van der Waals surface area (Å²) in [7, 11) is 0. The zero-order chi connectivity index (χ0) is 10.8. The molecule has 1 aliphatic rings. The van der Waals surface area contributed by atoms with Crippen molar-refractivity contribution in [1.82, 2.24) is 4.98 Å². The number of anilines is 1. The third kappa shape index (κ3) is 2.44. The van der Waals surface area contributed by atoms with E-state index in [1.54, 1.807) is 11.3 Å². The summed E-state index contributed by atoms with van der Waals surface area (Å²) >= 11 is 7.80. The van der Waals surface area contributed by atoms with Crippen molar-refractivity contribution in [2.24, 2.45) is 0 Å². The van der Waals surface area contributed by atoms with E-state index in [0.717, 1.165) is 31.4 Å². The van der Waals surface area contributed by atoms with Crippen molar-refractivity contribution in [3.63, 3.8) is 0 Å². The van der Waals surface area contributed by atoms with Gasteiger partial charge in [0.2, 0.25) is 0 Å². The van der Waals surface area contributed by atoms with Crippen LogP contribution in [-0.2, 0) is 4.74 Å². The number of nitrogens with zero attached hydrogens (tertiary/aromatic N) is 2. The molecule has 0 unspecified atom stereocenters. The van der Waals surface area contributed by atoms with E-state index in [2.05, 4.69) is 23.7 Å². The number of hydrogen-bond donors (Lipinski definition) is 0. The first kappa shape index (κ1) is 11.2. The Kier molecular flexibility index (Phi) is 3.49. The highest BCUT2D eigenvalue weighted by Gasteiger charge is 2.18. The second-order valence-corrected chi connectivity index (χ2v) is 5.27. The molecule has 1 saturated heterocycles. The number of morpholine rings is 1. The summed E-state index contributed by atoms with van der Waals surface area (Å²) in [5, 5.41) is 1.70. The molecular weight excluding hydrogens is 232 g/mol. The first-order chi connectivity index (χ1) is 7.18. The lowest BCUT2D eigenvalue weighted by Crippen LogP contribution is -2.36. The predicted octanol–water partition coefficient (Wildman–Crippen LogP) is 2.76. The van der Waals surface area contributed by atoms with Crippen LogP contribution in [0.4, 0.5) is 5.13 Å². The smallest absolute Gasteiger partial charge is 0.187 e. The van der Waals surface area contributed by atoms with Crippen LogP contribution in [0.5, 0.6) is 0 Å². The summed E-state index contributed by atoms with van der Waals surface area (Å²) in [6, 6.07) is 0. The predicted molar refractivity (Wildman–Crippen MR) is 64.2 cm³/mol. The number of aromatic nitrogens is 1. The fourth-order valence-corrected chi connectivity index (χ4v) is 3.02. The molecule has 0 aliphatic carbocycles. The summed E-state index contributed by atoms with van der Waals surface area (Å²) in [6.07, 6.45) is 0. The van der Waals surface area contributed by atoms with Crippen LogP contribution in [0.1, 0.15) is 24.6 Å². The van der Waals surface area contributed by atoms with Crippen molar-refractivity contribution >= 4 is 28.1 Å². The SMILES string of the molecule is CC(C)c1sc(N2CCOCC2)nc1Cl. The van der Waals surface area contributed by atoms with Crippen molar-refractivity contribution in [2.75, 3.05) is 31.2 Å². The van der Waals surface area contributed by atoms with E-state index < -0.39 is 0 Å². The van der Waals surface area contributed by atoms with Gasteiger partial charge in [0.1, 0.15) is 5.15 Å².